The van der Waals surface area contributed by atoms with Gasteiger partial charge in [0, 0.05) is 32.4 Å². The number of likely N-dealkylation sites (N-methyl/N-ethyl adjacent to an activating group) is 2. The first-order valence-electron chi connectivity index (χ1n) is 6.01. The van der Waals surface area contributed by atoms with Gasteiger partial charge in [0.05, 0.1) is 12.0 Å². The Morgan fingerprint density at radius 1 is 1.50 bits per heavy atom. The Balaban J connectivity index is 1.84. The monoisotopic (exact) mass is 222 g/mol. The van der Waals surface area contributed by atoms with Crippen molar-refractivity contribution in [1.82, 2.24) is 19.4 Å². The average Bonchev–Trinajstić information content (AvgIpc) is 2.79. The van der Waals surface area contributed by atoms with E-state index in [1.165, 1.54) is 25.1 Å². The fourth-order valence-electron chi connectivity index (χ4n) is 2.45. The van der Waals surface area contributed by atoms with Crippen molar-refractivity contribution in [2.24, 2.45) is 7.05 Å². The number of aromatic nitrogens is 2. The van der Waals surface area contributed by atoms with Crippen LogP contribution in [0.3, 0.4) is 0 Å². The molecule has 4 heteroatoms. The van der Waals surface area contributed by atoms with Gasteiger partial charge in [-0.2, -0.15) is 0 Å². The maximum absolute atomic E-state index is 4.15. The molecule has 1 aliphatic heterocycles. The molecule has 2 heterocycles. The van der Waals surface area contributed by atoms with E-state index in [1.807, 2.05) is 12.5 Å². The summed E-state index contributed by atoms with van der Waals surface area (Å²) in [7, 11) is 6.48. The predicted molar refractivity (Wildman–Crippen MR) is 65.2 cm³/mol. The lowest BCUT2D eigenvalue weighted by atomic mass is 10.2. The highest BCUT2D eigenvalue weighted by atomic mass is 15.2. The molecule has 2 rings (SSSR count). The van der Waals surface area contributed by atoms with Crippen molar-refractivity contribution in [1.29, 1.82) is 0 Å². The van der Waals surface area contributed by atoms with Crippen molar-refractivity contribution in [2.45, 2.75) is 25.4 Å². The molecule has 4 nitrogen and oxygen atoms in total. The van der Waals surface area contributed by atoms with Gasteiger partial charge in [0.2, 0.25) is 0 Å². The molecule has 1 atom stereocenters. The lowest BCUT2D eigenvalue weighted by Gasteiger charge is -2.25. The quantitative estimate of drug-likeness (QED) is 0.758. The van der Waals surface area contributed by atoms with E-state index in [-0.39, 0.29) is 0 Å². The zero-order valence-electron chi connectivity index (χ0n) is 10.6. The van der Waals surface area contributed by atoms with E-state index in [0.717, 1.165) is 19.1 Å². The van der Waals surface area contributed by atoms with E-state index in [0.29, 0.717) is 0 Å². The number of likely N-dealkylation sites (tertiary alicyclic amines) is 1. The summed E-state index contributed by atoms with van der Waals surface area (Å²) >= 11 is 0. The molecule has 0 amide bonds. The van der Waals surface area contributed by atoms with Crippen molar-refractivity contribution in [2.75, 3.05) is 27.2 Å². The zero-order valence-corrected chi connectivity index (χ0v) is 10.6. The first-order chi connectivity index (χ1) is 7.66. The molecule has 1 aromatic rings. The van der Waals surface area contributed by atoms with Crippen LogP contribution < -0.4 is 0 Å². The van der Waals surface area contributed by atoms with Crippen molar-refractivity contribution in [3.63, 3.8) is 0 Å². The van der Waals surface area contributed by atoms with Gasteiger partial charge in [-0.15, -0.1) is 0 Å². The van der Waals surface area contributed by atoms with Crippen molar-refractivity contribution >= 4 is 0 Å². The van der Waals surface area contributed by atoms with E-state index in [2.05, 4.69) is 40.5 Å². The van der Waals surface area contributed by atoms with Crippen LogP contribution in [0.1, 0.15) is 18.5 Å². The lowest BCUT2D eigenvalue weighted by Crippen LogP contribution is -2.36. The summed E-state index contributed by atoms with van der Waals surface area (Å²) < 4.78 is 2.09. The highest BCUT2D eigenvalue weighted by Gasteiger charge is 2.22. The van der Waals surface area contributed by atoms with Gasteiger partial charge in [-0.25, -0.2) is 4.98 Å². The van der Waals surface area contributed by atoms with E-state index >= 15 is 0 Å². The molecule has 0 bridgehead atoms. The van der Waals surface area contributed by atoms with Crippen LogP contribution in [0.25, 0.3) is 0 Å². The number of rotatable bonds is 4. The van der Waals surface area contributed by atoms with Crippen LogP contribution >= 0.6 is 0 Å². The summed E-state index contributed by atoms with van der Waals surface area (Å²) in [6.07, 6.45) is 6.51. The summed E-state index contributed by atoms with van der Waals surface area (Å²) in [5.74, 6) is 0. The minimum atomic E-state index is 0.734. The van der Waals surface area contributed by atoms with Gasteiger partial charge in [-0.3, -0.25) is 4.90 Å². The van der Waals surface area contributed by atoms with Gasteiger partial charge in [0.25, 0.3) is 0 Å². The van der Waals surface area contributed by atoms with Crippen LogP contribution in [0.2, 0.25) is 0 Å². The molecule has 0 radical (unpaired) electrons. The maximum Gasteiger partial charge on any atom is 0.0945 e. The molecule has 0 unspecified atom stereocenters. The van der Waals surface area contributed by atoms with Gasteiger partial charge in [0.1, 0.15) is 0 Å². The highest BCUT2D eigenvalue weighted by molar-refractivity contribution is 4.97. The number of nitrogens with zero attached hydrogens (tertiary/aromatic N) is 4. The van der Waals surface area contributed by atoms with Crippen molar-refractivity contribution < 1.29 is 0 Å². The van der Waals surface area contributed by atoms with E-state index in [9.17, 15) is 0 Å². The second kappa shape index (κ2) is 4.97. The summed E-state index contributed by atoms with van der Waals surface area (Å²) in [6.45, 7) is 3.40. The Kier molecular flexibility index (Phi) is 3.61. The van der Waals surface area contributed by atoms with E-state index in [1.54, 1.807) is 0 Å². The predicted octanol–water partition coefficient (Wildman–Crippen LogP) is 0.946. The van der Waals surface area contributed by atoms with Gasteiger partial charge in [0.15, 0.2) is 0 Å². The van der Waals surface area contributed by atoms with Gasteiger partial charge >= 0.3 is 0 Å². The SMILES string of the molecule is CN(Cc1cncn1C)C[C@H]1CCCN1C. The highest BCUT2D eigenvalue weighted by Crippen LogP contribution is 2.16. The van der Waals surface area contributed by atoms with Gasteiger partial charge < -0.3 is 9.47 Å². The van der Waals surface area contributed by atoms with Gasteiger partial charge in [-0.1, -0.05) is 0 Å². The third kappa shape index (κ3) is 2.62. The van der Waals surface area contributed by atoms with E-state index in [4.69, 9.17) is 0 Å². The van der Waals surface area contributed by atoms with Crippen molar-refractivity contribution in [3.05, 3.63) is 18.2 Å². The number of aryl methyl sites for hydroxylation is 1. The average molecular weight is 222 g/mol. The topological polar surface area (TPSA) is 24.3 Å². The molecule has 0 N–H and O–H groups in total. The third-order valence-corrected chi connectivity index (χ3v) is 3.54. The minimum Gasteiger partial charge on any atom is -0.337 e. The lowest BCUT2D eigenvalue weighted by molar-refractivity contribution is 0.213. The Morgan fingerprint density at radius 2 is 2.31 bits per heavy atom. The van der Waals surface area contributed by atoms with Crippen LogP contribution in [0.15, 0.2) is 12.5 Å². The third-order valence-electron chi connectivity index (χ3n) is 3.54. The normalized spacial score (nSPS) is 22.1. The molecule has 0 spiro atoms. The van der Waals surface area contributed by atoms with Crippen LogP contribution in [-0.4, -0.2) is 52.6 Å². The zero-order chi connectivity index (χ0) is 11.5. The number of hydrogen-bond acceptors (Lipinski definition) is 3. The van der Waals surface area contributed by atoms with Crippen LogP contribution in [0.4, 0.5) is 0 Å². The number of hydrogen-bond donors (Lipinski definition) is 0. The summed E-state index contributed by atoms with van der Waals surface area (Å²) in [4.78, 5) is 9.01. The van der Waals surface area contributed by atoms with Crippen LogP contribution in [-0.2, 0) is 13.6 Å². The fourth-order valence-corrected chi connectivity index (χ4v) is 2.45. The number of imidazole rings is 1. The van der Waals surface area contributed by atoms with Gasteiger partial charge in [-0.05, 0) is 33.5 Å². The molecular weight excluding hydrogens is 200 g/mol. The molecule has 1 saturated heterocycles. The molecule has 16 heavy (non-hydrogen) atoms. The second-order valence-corrected chi connectivity index (χ2v) is 4.97. The Morgan fingerprint density at radius 3 is 2.88 bits per heavy atom. The van der Waals surface area contributed by atoms with Crippen LogP contribution in [0, 0.1) is 0 Å². The molecular formula is C12H22N4. The Labute approximate surface area is 97.9 Å². The maximum atomic E-state index is 4.15. The summed E-state index contributed by atoms with van der Waals surface area (Å²) in [5.41, 5.74) is 1.28. The molecule has 1 fully saturated rings. The van der Waals surface area contributed by atoms with E-state index < -0.39 is 0 Å². The standard InChI is InChI=1S/C12H22N4/c1-14(8-11-5-4-6-15(11)2)9-12-7-13-10-16(12)3/h7,10-11H,4-6,8-9H2,1-3H3/t11-/m1/s1. The molecule has 0 saturated carbocycles. The molecule has 1 aromatic heterocycles. The summed E-state index contributed by atoms with van der Waals surface area (Å²) in [5, 5.41) is 0. The Hall–Kier alpha value is -0.870. The second-order valence-electron chi connectivity index (χ2n) is 4.97. The van der Waals surface area contributed by atoms with Crippen LogP contribution in [0.5, 0.6) is 0 Å². The summed E-state index contributed by atoms with van der Waals surface area (Å²) in [6, 6.07) is 0.734. The smallest absolute Gasteiger partial charge is 0.0945 e. The minimum absolute atomic E-state index is 0.734. The molecule has 0 aliphatic carbocycles. The molecule has 0 aromatic carbocycles. The molecule has 1 aliphatic rings. The first kappa shape index (κ1) is 11.6. The molecule has 90 valence electrons. The fraction of sp³-hybridized carbons (Fsp3) is 0.750. The largest absolute Gasteiger partial charge is 0.337 e. The first-order valence-corrected chi connectivity index (χ1v) is 6.01. The van der Waals surface area contributed by atoms with Crippen molar-refractivity contribution in [3.8, 4) is 0 Å². The Bertz CT molecular complexity index is 334.